The SMILES string of the molecule is CCCCn1nc(C(=O)OCc2ccc(F)cc2)c2ccccc2c1=O. The quantitative estimate of drug-likeness (QED) is 0.634. The van der Waals surface area contributed by atoms with Crippen LogP contribution in [-0.2, 0) is 17.9 Å². The lowest BCUT2D eigenvalue weighted by atomic mass is 10.1. The molecule has 0 aliphatic carbocycles. The van der Waals surface area contributed by atoms with Crippen LogP contribution in [0.2, 0.25) is 0 Å². The molecular weight excluding hydrogens is 335 g/mol. The standard InChI is InChI=1S/C20H19FN2O3/c1-2-3-12-23-19(24)17-7-5-4-6-16(17)18(22-23)20(25)26-13-14-8-10-15(21)11-9-14/h4-11H,2-3,12-13H2,1H3. The maximum Gasteiger partial charge on any atom is 0.359 e. The zero-order chi connectivity index (χ0) is 18.5. The molecule has 0 bridgehead atoms. The molecule has 26 heavy (non-hydrogen) atoms. The zero-order valence-electron chi connectivity index (χ0n) is 14.4. The Bertz CT molecular complexity index is 981. The highest BCUT2D eigenvalue weighted by atomic mass is 19.1. The molecule has 0 saturated carbocycles. The van der Waals surface area contributed by atoms with E-state index in [4.69, 9.17) is 4.74 Å². The topological polar surface area (TPSA) is 61.2 Å². The molecule has 3 aromatic rings. The van der Waals surface area contributed by atoms with Crippen molar-refractivity contribution in [3.05, 3.63) is 76.0 Å². The molecule has 1 aromatic heterocycles. The number of ether oxygens (including phenoxy) is 1. The maximum atomic E-state index is 13.0. The number of hydrogen-bond acceptors (Lipinski definition) is 4. The molecule has 0 unspecified atom stereocenters. The Kier molecular flexibility index (Phi) is 5.41. The minimum Gasteiger partial charge on any atom is -0.456 e. The van der Waals surface area contributed by atoms with Gasteiger partial charge in [-0.2, -0.15) is 5.10 Å². The van der Waals surface area contributed by atoms with E-state index >= 15 is 0 Å². The number of carbonyl (C=O) groups excluding carboxylic acids is 1. The van der Waals surface area contributed by atoms with Crippen LogP contribution >= 0.6 is 0 Å². The molecule has 134 valence electrons. The summed E-state index contributed by atoms with van der Waals surface area (Å²) in [5.41, 5.74) is 0.561. The smallest absolute Gasteiger partial charge is 0.359 e. The summed E-state index contributed by atoms with van der Waals surface area (Å²) in [4.78, 5) is 25.1. The Hall–Kier alpha value is -3.02. The summed E-state index contributed by atoms with van der Waals surface area (Å²) in [5, 5.41) is 5.14. The van der Waals surface area contributed by atoms with E-state index in [1.807, 2.05) is 6.92 Å². The minimum absolute atomic E-state index is 0.00318. The molecule has 0 atom stereocenters. The van der Waals surface area contributed by atoms with Gasteiger partial charge in [0.25, 0.3) is 5.56 Å². The van der Waals surface area contributed by atoms with Crippen molar-refractivity contribution in [2.45, 2.75) is 32.9 Å². The first kappa shape index (κ1) is 17.8. The van der Waals surface area contributed by atoms with Crippen molar-refractivity contribution in [2.75, 3.05) is 0 Å². The monoisotopic (exact) mass is 354 g/mol. The molecule has 0 spiro atoms. The van der Waals surface area contributed by atoms with Crippen LogP contribution in [0, 0.1) is 5.82 Å². The van der Waals surface area contributed by atoms with Crippen molar-refractivity contribution < 1.29 is 13.9 Å². The van der Waals surface area contributed by atoms with E-state index in [1.165, 1.54) is 16.8 Å². The summed E-state index contributed by atoms with van der Waals surface area (Å²) >= 11 is 0. The predicted molar refractivity (Wildman–Crippen MR) is 96.4 cm³/mol. The van der Waals surface area contributed by atoms with Gasteiger partial charge in [-0.25, -0.2) is 13.9 Å². The van der Waals surface area contributed by atoms with E-state index in [0.29, 0.717) is 22.9 Å². The summed E-state index contributed by atoms with van der Waals surface area (Å²) in [5.74, 6) is -0.966. The van der Waals surface area contributed by atoms with Crippen molar-refractivity contribution >= 4 is 16.7 Å². The summed E-state index contributed by atoms with van der Waals surface area (Å²) in [6, 6.07) is 12.6. The Morgan fingerprint density at radius 2 is 1.81 bits per heavy atom. The van der Waals surface area contributed by atoms with E-state index in [1.54, 1.807) is 36.4 Å². The first-order chi connectivity index (χ1) is 12.6. The molecule has 0 saturated heterocycles. The Morgan fingerprint density at radius 1 is 1.12 bits per heavy atom. The van der Waals surface area contributed by atoms with Crippen LogP contribution in [0.15, 0.2) is 53.3 Å². The molecule has 0 fully saturated rings. The van der Waals surface area contributed by atoms with Gasteiger partial charge in [0, 0.05) is 11.9 Å². The van der Waals surface area contributed by atoms with Crippen molar-refractivity contribution in [3.8, 4) is 0 Å². The average molecular weight is 354 g/mol. The van der Waals surface area contributed by atoms with Gasteiger partial charge in [-0.05, 0) is 30.2 Å². The van der Waals surface area contributed by atoms with Crippen LogP contribution in [0.4, 0.5) is 4.39 Å². The van der Waals surface area contributed by atoms with Crippen molar-refractivity contribution in [1.29, 1.82) is 0 Å². The second-order valence-corrected chi connectivity index (χ2v) is 5.98. The summed E-state index contributed by atoms with van der Waals surface area (Å²) in [6.07, 6.45) is 1.70. The Labute approximate surface area is 150 Å². The van der Waals surface area contributed by atoms with E-state index in [0.717, 1.165) is 12.8 Å². The van der Waals surface area contributed by atoms with Crippen LogP contribution in [0.25, 0.3) is 10.8 Å². The van der Waals surface area contributed by atoms with Crippen molar-refractivity contribution in [2.24, 2.45) is 0 Å². The second kappa shape index (κ2) is 7.91. The molecular formula is C20H19FN2O3. The lowest BCUT2D eigenvalue weighted by Gasteiger charge is -2.10. The average Bonchev–Trinajstić information content (AvgIpc) is 2.67. The fraction of sp³-hybridized carbons (Fsp3) is 0.250. The third-order valence-electron chi connectivity index (χ3n) is 4.07. The van der Waals surface area contributed by atoms with Gasteiger partial charge >= 0.3 is 5.97 Å². The highest BCUT2D eigenvalue weighted by Crippen LogP contribution is 2.15. The van der Waals surface area contributed by atoms with Crippen LogP contribution in [-0.4, -0.2) is 15.7 Å². The number of aryl methyl sites for hydroxylation is 1. The molecule has 0 N–H and O–H groups in total. The Morgan fingerprint density at radius 3 is 2.50 bits per heavy atom. The number of hydrogen-bond donors (Lipinski definition) is 0. The highest BCUT2D eigenvalue weighted by Gasteiger charge is 2.18. The molecule has 0 amide bonds. The predicted octanol–water partition coefficient (Wildman–Crippen LogP) is 3.69. The lowest BCUT2D eigenvalue weighted by molar-refractivity contribution is 0.0465. The van der Waals surface area contributed by atoms with Crippen molar-refractivity contribution in [1.82, 2.24) is 9.78 Å². The normalized spacial score (nSPS) is 10.8. The van der Waals surface area contributed by atoms with E-state index in [2.05, 4.69) is 5.10 Å². The van der Waals surface area contributed by atoms with E-state index in [-0.39, 0.29) is 23.7 Å². The van der Waals surface area contributed by atoms with E-state index < -0.39 is 5.97 Å². The third-order valence-corrected chi connectivity index (χ3v) is 4.07. The van der Waals surface area contributed by atoms with E-state index in [9.17, 15) is 14.0 Å². The number of esters is 1. The first-order valence-electron chi connectivity index (χ1n) is 8.51. The molecule has 0 aliphatic heterocycles. The van der Waals surface area contributed by atoms with Gasteiger partial charge in [0.15, 0.2) is 5.69 Å². The Balaban J connectivity index is 1.92. The van der Waals surface area contributed by atoms with Gasteiger partial charge in [-0.1, -0.05) is 43.7 Å². The van der Waals surface area contributed by atoms with Gasteiger partial charge in [0.2, 0.25) is 0 Å². The molecule has 5 nitrogen and oxygen atoms in total. The highest BCUT2D eigenvalue weighted by molar-refractivity contribution is 6.02. The lowest BCUT2D eigenvalue weighted by Crippen LogP contribution is -2.26. The number of rotatable bonds is 6. The number of fused-ring (bicyclic) bond motifs is 1. The minimum atomic E-state index is -0.615. The summed E-state index contributed by atoms with van der Waals surface area (Å²) in [7, 11) is 0. The molecule has 1 heterocycles. The molecule has 6 heteroatoms. The largest absolute Gasteiger partial charge is 0.456 e. The van der Waals surface area contributed by atoms with Crippen LogP contribution < -0.4 is 5.56 Å². The van der Waals surface area contributed by atoms with Gasteiger partial charge in [0.05, 0.1) is 5.39 Å². The number of halogens is 1. The van der Waals surface area contributed by atoms with Gasteiger partial charge < -0.3 is 4.74 Å². The molecule has 2 aromatic carbocycles. The van der Waals surface area contributed by atoms with Gasteiger partial charge in [-0.15, -0.1) is 0 Å². The maximum absolute atomic E-state index is 13.0. The number of aromatic nitrogens is 2. The van der Waals surface area contributed by atoms with Gasteiger partial charge in [-0.3, -0.25) is 4.79 Å². The molecule has 0 radical (unpaired) electrons. The zero-order valence-corrected chi connectivity index (χ0v) is 14.4. The fourth-order valence-electron chi connectivity index (χ4n) is 2.64. The van der Waals surface area contributed by atoms with Crippen LogP contribution in [0.5, 0.6) is 0 Å². The third kappa shape index (κ3) is 3.79. The van der Waals surface area contributed by atoms with Gasteiger partial charge in [0.1, 0.15) is 12.4 Å². The molecule has 0 aliphatic rings. The number of benzene rings is 2. The fourth-order valence-corrected chi connectivity index (χ4v) is 2.64. The van der Waals surface area contributed by atoms with Crippen LogP contribution in [0.3, 0.4) is 0 Å². The molecule has 3 rings (SSSR count). The second-order valence-electron chi connectivity index (χ2n) is 5.98. The summed E-state index contributed by atoms with van der Waals surface area (Å²) < 4.78 is 19.6. The summed E-state index contributed by atoms with van der Waals surface area (Å²) in [6.45, 7) is 2.46. The first-order valence-corrected chi connectivity index (χ1v) is 8.51. The van der Waals surface area contributed by atoms with Crippen molar-refractivity contribution in [3.63, 3.8) is 0 Å². The van der Waals surface area contributed by atoms with Crippen LogP contribution in [0.1, 0.15) is 35.8 Å². The number of carbonyl (C=O) groups is 1. The number of unbranched alkanes of at least 4 members (excludes halogenated alkanes) is 1. The number of nitrogens with zero attached hydrogens (tertiary/aromatic N) is 2.